The molecule has 0 fully saturated rings. The number of hydrogen-bond acceptors (Lipinski definition) is 5. The third-order valence-electron chi connectivity index (χ3n) is 4.58. The summed E-state index contributed by atoms with van der Waals surface area (Å²) in [6.07, 6.45) is -0.730. The number of alkyl carbamates (subject to hydrolysis) is 1. The second kappa shape index (κ2) is 10.7. The molecule has 0 radical (unpaired) electrons. The Morgan fingerprint density at radius 3 is 2.34 bits per heavy atom. The van der Waals surface area contributed by atoms with E-state index in [4.69, 9.17) is 10.5 Å². The van der Waals surface area contributed by atoms with E-state index in [2.05, 4.69) is 10.6 Å². The lowest BCUT2D eigenvalue weighted by atomic mass is 9.97. The highest BCUT2D eigenvalue weighted by molar-refractivity contribution is 6.10. The summed E-state index contributed by atoms with van der Waals surface area (Å²) in [4.78, 5) is 36.7. The molecule has 0 aliphatic carbocycles. The number of carbonyl (C=O) groups is 3. The molecule has 0 spiro atoms. The van der Waals surface area contributed by atoms with Crippen molar-refractivity contribution in [2.24, 2.45) is 0 Å². The Bertz CT molecular complexity index is 1120. The van der Waals surface area contributed by atoms with E-state index in [1.165, 1.54) is 24.3 Å². The third-order valence-corrected chi connectivity index (χ3v) is 4.58. The molecule has 8 heteroatoms. The van der Waals surface area contributed by atoms with Gasteiger partial charge >= 0.3 is 6.09 Å². The lowest BCUT2D eigenvalue weighted by molar-refractivity contribution is -0.120. The number of anilines is 1. The molecule has 0 saturated carbocycles. The first-order valence-corrected chi connectivity index (χ1v) is 9.83. The molecule has 4 N–H and O–H groups in total. The molecule has 3 rings (SSSR count). The summed E-state index contributed by atoms with van der Waals surface area (Å²) in [5, 5.41) is 4.97. The number of amides is 2. The molecule has 0 aliphatic rings. The van der Waals surface area contributed by atoms with E-state index < -0.39 is 23.6 Å². The quantitative estimate of drug-likeness (QED) is 0.372. The summed E-state index contributed by atoms with van der Waals surface area (Å²) in [6.45, 7) is -0.226. The minimum absolute atomic E-state index is 0.00458. The van der Waals surface area contributed by atoms with Gasteiger partial charge in [0.05, 0.1) is 5.56 Å². The van der Waals surface area contributed by atoms with Crippen LogP contribution in [-0.2, 0) is 22.7 Å². The van der Waals surface area contributed by atoms with Crippen LogP contribution in [0.5, 0.6) is 0 Å². The molecule has 0 saturated heterocycles. The summed E-state index contributed by atoms with van der Waals surface area (Å²) >= 11 is 0. The largest absolute Gasteiger partial charge is 0.445 e. The van der Waals surface area contributed by atoms with Gasteiger partial charge in [0.25, 0.3) is 0 Å². The second-order valence-corrected chi connectivity index (χ2v) is 6.92. The molecule has 32 heavy (non-hydrogen) atoms. The summed E-state index contributed by atoms with van der Waals surface area (Å²) in [5.41, 5.74) is 7.51. The topological polar surface area (TPSA) is 111 Å². The lowest BCUT2D eigenvalue weighted by Gasteiger charge is -2.12. The van der Waals surface area contributed by atoms with Crippen molar-refractivity contribution in [1.82, 2.24) is 10.6 Å². The van der Waals surface area contributed by atoms with Gasteiger partial charge in [-0.05, 0) is 35.4 Å². The monoisotopic (exact) mass is 435 g/mol. The van der Waals surface area contributed by atoms with Gasteiger partial charge in [-0.15, -0.1) is 0 Å². The summed E-state index contributed by atoms with van der Waals surface area (Å²) in [6, 6.07) is 19.4. The average Bonchev–Trinajstić information content (AvgIpc) is 2.81. The zero-order chi connectivity index (χ0) is 22.9. The van der Waals surface area contributed by atoms with Crippen LogP contribution in [0.3, 0.4) is 0 Å². The van der Waals surface area contributed by atoms with E-state index in [1.54, 1.807) is 18.2 Å². The molecule has 7 nitrogen and oxygen atoms in total. The number of ether oxygens (including phenoxy) is 1. The van der Waals surface area contributed by atoms with Gasteiger partial charge in [-0.3, -0.25) is 9.59 Å². The number of nitrogens with two attached hydrogens (primary N) is 1. The Morgan fingerprint density at radius 2 is 1.59 bits per heavy atom. The highest BCUT2D eigenvalue weighted by Crippen LogP contribution is 2.20. The van der Waals surface area contributed by atoms with Crippen LogP contribution in [0.1, 0.15) is 27.0 Å². The zero-order valence-electron chi connectivity index (χ0n) is 17.1. The summed E-state index contributed by atoms with van der Waals surface area (Å²) in [5.74, 6) is -1.67. The zero-order valence-corrected chi connectivity index (χ0v) is 17.1. The summed E-state index contributed by atoms with van der Waals surface area (Å²) in [7, 11) is 0. The average molecular weight is 435 g/mol. The van der Waals surface area contributed by atoms with Crippen LogP contribution in [0, 0.1) is 5.82 Å². The van der Waals surface area contributed by atoms with E-state index in [0.717, 1.165) is 5.56 Å². The van der Waals surface area contributed by atoms with E-state index in [0.29, 0.717) is 11.3 Å². The molecule has 0 unspecified atom stereocenters. The van der Waals surface area contributed by atoms with Crippen LogP contribution in [0.2, 0.25) is 0 Å². The van der Waals surface area contributed by atoms with Gasteiger partial charge in [-0.25, -0.2) is 9.18 Å². The Morgan fingerprint density at radius 1 is 0.875 bits per heavy atom. The molecule has 0 aromatic heterocycles. The normalized spacial score (nSPS) is 10.3. The van der Waals surface area contributed by atoms with E-state index >= 15 is 0 Å². The molecule has 2 amide bonds. The van der Waals surface area contributed by atoms with E-state index in [9.17, 15) is 18.8 Å². The predicted octanol–water partition coefficient (Wildman–Crippen LogP) is 3.18. The molecule has 3 aromatic carbocycles. The van der Waals surface area contributed by atoms with Crippen molar-refractivity contribution in [3.63, 3.8) is 0 Å². The van der Waals surface area contributed by atoms with Gasteiger partial charge in [-0.2, -0.15) is 0 Å². The molecule has 0 aliphatic heterocycles. The van der Waals surface area contributed by atoms with Crippen molar-refractivity contribution in [2.45, 2.75) is 13.2 Å². The molecule has 3 aromatic rings. The van der Waals surface area contributed by atoms with Gasteiger partial charge in [0.2, 0.25) is 5.91 Å². The fourth-order valence-electron chi connectivity index (χ4n) is 2.93. The maximum absolute atomic E-state index is 14.0. The van der Waals surface area contributed by atoms with Gasteiger partial charge in [0.15, 0.2) is 5.78 Å². The Labute approximate surface area is 184 Å². The van der Waals surface area contributed by atoms with Crippen molar-refractivity contribution in [3.8, 4) is 0 Å². The minimum Gasteiger partial charge on any atom is -0.445 e. The lowest BCUT2D eigenvalue weighted by Crippen LogP contribution is -2.37. The van der Waals surface area contributed by atoms with Crippen LogP contribution in [-0.4, -0.2) is 24.3 Å². The van der Waals surface area contributed by atoms with Crippen LogP contribution >= 0.6 is 0 Å². The maximum Gasteiger partial charge on any atom is 0.407 e. The number of nitrogen functional groups attached to an aromatic ring is 1. The minimum atomic E-state index is -0.730. The standard InChI is InChI=1S/C24H22FN3O4/c25-21-9-5-4-8-19(21)23(30)20-12-18(26)11-10-17(20)13-27-22(29)14-28-24(31)32-15-16-6-2-1-3-7-16/h1-12H,13-15,26H2,(H,27,29)(H,28,31). The molecule has 0 atom stereocenters. The smallest absolute Gasteiger partial charge is 0.407 e. The van der Waals surface area contributed by atoms with Gasteiger partial charge in [-0.1, -0.05) is 48.5 Å². The van der Waals surface area contributed by atoms with Gasteiger partial charge in [0.1, 0.15) is 19.0 Å². The van der Waals surface area contributed by atoms with Gasteiger partial charge in [0, 0.05) is 17.8 Å². The van der Waals surface area contributed by atoms with E-state index in [1.807, 2.05) is 30.3 Å². The number of carbonyl (C=O) groups excluding carboxylic acids is 3. The highest BCUT2D eigenvalue weighted by Gasteiger charge is 2.18. The van der Waals surface area contributed by atoms with Crippen molar-refractivity contribution in [3.05, 3.63) is 101 Å². The molecule has 0 heterocycles. The first-order valence-electron chi connectivity index (χ1n) is 9.83. The van der Waals surface area contributed by atoms with Crippen molar-refractivity contribution in [1.29, 1.82) is 0 Å². The molecule has 0 bridgehead atoms. The van der Waals surface area contributed by atoms with Crippen LogP contribution in [0.15, 0.2) is 72.8 Å². The molecular formula is C24H22FN3O4. The van der Waals surface area contributed by atoms with Gasteiger partial charge < -0.3 is 21.1 Å². The number of nitrogens with one attached hydrogen (secondary N) is 2. The first-order chi connectivity index (χ1) is 15.4. The Hall–Kier alpha value is -4.20. The van der Waals surface area contributed by atoms with Crippen LogP contribution in [0.4, 0.5) is 14.9 Å². The van der Waals surface area contributed by atoms with Crippen molar-refractivity contribution >= 4 is 23.5 Å². The molecule has 164 valence electrons. The number of benzene rings is 3. The second-order valence-electron chi connectivity index (χ2n) is 6.92. The number of halogens is 1. The number of rotatable bonds is 8. The highest BCUT2D eigenvalue weighted by atomic mass is 19.1. The fraction of sp³-hybridized carbons (Fsp3) is 0.125. The molecular weight excluding hydrogens is 413 g/mol. The first kappa shape index (κ1) is 22.5. The maximum atomic E-state index is 14.0. The number of ketones is 1. The Kier molecular flexibility index (Phi) is 7.53. The SMILES string of the molecule is Nc1ccc(CNC(=O)CNC(=O)OCc2ccccc2)c(C(=O)c2ccccc2F)c1. The van der Waals surface area contributed by atoms with Crippen LogP contribution in [0.25, 0.3) is 0 Å². The van der Waals surface area contributed by atoms with E-state index in [-0.39, 0.29) is 30.8 Å². The fourth-order valence-corrected chi connectivity index (χ4v) is 2.93. The third kappa shape index (κ3) is 6.15. The number of hydrogen-bond donors (Lipinski definition) is 3. The summed E-state index contributed by atoms with van der Waals surface area (Å²) < 4.78 is 19.1. The predicted molar refractivity (Wildman–Crippen MR) is 117 cm³/mol. The van der Waals surface area contributed by atoms with Crippen molar-refractivity contribution in [2.75, 3.05) is 12.3 Å². The van der Waals surface area contributed by atoms with Crippen LogP contribution < -0.4 is 16.4 Å². The Balaban J connectivity index is 1.55. The van der Waals surface area contributed by atoms with Crippen molar-refractivity contribution < 1.29 is 23.5 Å².